The van der Waals surface area contributed by atoms with Crippen LogP contribution in [0.25, 0.3) is 0 Å². The number of carbonyl (C=O) groups excluding carboxylic acids is 1. The van der Waals surface area contributed by atoms with E-state index in [-0.39, 0.29) is 5.91 Å². The molecule has 1 unspecified atom stereocenters. The normalized spacial score (nSPS) is 16.5. The van der Waals surface area contributed by atoms with Gasteiger partial charge in [-0.1, -0.05) is 25.0 Å². The van der Waals surface area contributed by atoms with Crippen molar-refractivity contribution in [1.82, 2.24) is 5.32 Å². The Morgan fingerprint density at radius 1 is 1.31 bits per heavy atom. The summed E-state index contributed by atoms with van der Waals surface area (Å²) in [4.78, 5) is 12.6. The summed E-state index contributed by atoms with van der Waals surface area (Å²) in [6.45, 7) is 5.97. The van der Waals surface area contributed by atoms with Crippen molar-refractivity contribution in [2.24, 2.45) is 0 Å². The van der Waals surface area contributed by atoms with Gasteiger partial charge >= 0.3 is 0 Å². The number of nitrogens with one attached hydrogen (secondary N) is 1. The van der Waals surface area contributed by atoms with Crippen molar-refractivity contribution in [3.63, 3.8) is 0 Å². The highest BCUT2D eigenvalue weighted by atomic mass is 32.2. The lowest BCUT2D eigenvalue weighted by Gasteiger charge is -2.29. The zero-order chi connectivity index (χ0) is 19.3. The third-order valence-electron chi connectivity index (χ3n) is 4.75. The van der Waals surface area contributed by atoms with Crippen molar-refractivity contribution < 1.29 is 13.2 Å². The largest absolute Gasteiger partial charge is 0.353 e. The zero-order valence-electron chi connectivity index (χ0n) is 16.1. The zero-order valence-corrected chi connectivity index (χ0v) is 17.8. The molecule has 0 aromatic heterocycles. The van der Waals surface area contributed by atoms with Crippen molar-refractivity contribution in [2.75, 3.05) is 22.9 Å². The molecule has 26 heavy (non-hydrogen) atoms. The van der Waals surface area contributed by atoms with E-state index in [4.69, 9.17) is 0 Å². The number of rotatable bonds is 8. The second kappa shape index (κ2) is 9.13. The van der Waals surface area contributed by atoms with E-state index in [1.165, 1.54) is 30.0 Å². The Balaban J connectivity index is 2.02. The third-order valence-corrected chi connectivity index (χ3v) is 7.36. The van der Waals surface area contributed by atoms with Crippen molar-refractivity contribution in [2.45, 2.75) is 57.7 Å². The van der Waals surface area contributed by atoms with Crippen molar-refractivity contribution in [1.29, 1.82) is 0 Å². The molecule has 1 aliphatic carbocycles. The molecule has 1 fully saturated rings. The van der Waals surface area contributed by atoms with Crippen LogP contribution in [0.15, 0.2) is 18.2 Å². The summed E-state index contributed by atoms with van der Waals surface area (Å²) in [5, 5.41) is 3.61. The van der Waals surface area contributed by atoms with Gasteiger partial charge in [-0.15, -0.1) is 0 Å². The summed E-state index contributed by atoms with van der Waals surface area (Å²) in [7, 11) is -3.58. The van der Waals surface area contributed by atoms with Gasteiger partial charge in [-0.2, -0.15) is 11.8 Å². The molecule has 0 spiro atoms. The fourth-order valence-electron chi connectivity index (χ4n) is 3.34. The topological polar surface area (TPSA) is 66.5 Å². The van der Waals surface area contributed by atoms with Crippen LogP contribution in [0.3, 0.4) is 0 Å². The number of aryl methyl sites for hydroxylation is 2. The van der Waals surface area contributed by atoms with Gasteiger partial charge in [0.15, 0.2) is 0 Å². The minimum absolute atomic E-state index is 0.261. The first kappa shape index (κ1) is 21.1. The standard InChI is InChI=1S/C19H30N2O3S2/c1-14-9-10-15(2)18(13-14)21(26(4,23)24)16(3)19(22)20-11-12-25-17-7-5-6-8-17/h9-10,13,16-17H,5-8,11-12H2,1-4H3,(H,20,22). The molecule has 0 saturated heterocycles. The Morgan fingerprint density at radius 3 is 2.58 bits per heavy atom. The van der Waals surface area contributed by atoms with Crippen LogP contribution in [0.4, 0.5) is 5.69 Å². The van der Waals surface area contributed by atoms with E-state index >= 15 is 0 Å². The van der Waals surface area contributed by atoms with Crippen LogP contribution in [-0.2, 0) is 14.8 Å². The Bertz CT molecular complexity index is 728. The molecule has 1 aromatic carbocycles. The van der Waals surface area contributed by atoms with Gasteiger partial charge < -0.3 is 5.32 Å². The molecule has 2 rings (SSSR count). The van der Waals surface area contributed by atoms with Crippen LogP contribution in [-0.4, -0.2) is 44.2 Å². The van der Waals surface area contributed by atoms with Gasteiger partial charge in [0.1, 0.15) is 6.04 Å². The van der Waals surface area contributed by atoms with Gasteiger partial charge in [-0.25, -0.2) is 8.42 Å². The van der Waals surface area contributed by atoms with E-state index in [9.17, 15) is 13.2 Å². The van der Waals surface area contributed by atoms with E-state index < -0.39 is 16.1 Å². The van der Waals surface area contributed by atoms with E-state index in [1.54, 1.807) is 6.92 Å². The van der Waals surface area contributed by atoms with Crippen LogP contribution < -0.4 is 9.62 Å². The average molecular weight is 399 g/mol. The van der Waals surface area contributed by atoms with Gasteiger partial charge in [0.2, 0.25) is 15.9 Å². The molecule has 0 bridgehead atoms. The average Bonchev–Trinajstić information content (AvgIpc) is 3.07. The van der Waals surface area contributed by atoms with Gasteiger partial charge in [-0.05, 0) is 50.8 Å². The second-order valence-corrected chi connectivity index (χ2v) is 10.4. The monoisotopic (exact) mass is 398 g/mol. The minimum atomic E-state index is -3.58. The van der Waals surface area contributed by atoms with Gasteiger partial charge in [-0.3, -0.25) is 9.10 Å². The smallest absolute Gasteiger partial charge is 0.243 e. The number of nitrogens with zero attached hydrogens (tertiary/aromatic N) is 1. The molecule has 1 aliphatic rings. The van der Waals surface area contributed by atoms with Crippen LogP contribution >= 0.6 is 11.8 Å². The van der Waals surface area contributed by atoms with Crippen molar-refractivity contribution >= 4 is 33.4 Å². The van der Waals surface area contributed by atoms with Gasteiger partial charge in [0.05, 0.1) is 11.9 Å². The number of sulfonamides is 1. The van der Waals surface area contributed by atoms with E-state index in [1.807, 2.05) is 43.8 Å². The fourth-order valence-corrected chi connectivity index (χ4v) is 5.78. The summed E-state index contributed by atoms with van der Waals surface area (Å²) in [6, 6.07) is 4.84. The first-order chi connectivity index (χ1) is 12.2. The Hall–Kier alpha value is -1.21. The molecule has 1 N–H and O–H groups in total. The molecule has 0 heterocycles. The van der Waals surface area contributed by atoms with Gasteiger partial charge in [0.25, 0.3) is 0 Å². The molecule has 7 heteroatoms. The lowest BCUT2D eigenvalue weighted by Crippen LogP contribution is -2.48. The van der Waals surface area contributed by atoms with Crippen LogP contribution in [0.2, 0.25) is 0 Å². The number of thioether (sulfide) groups is 1. The molecule has 5 nitrogen and oxygen atoms in total. The maximum absolute atomic E-state index is 12.6. The van der Waals surface area contributed by atoms with E-state index in [0.717, 1.165) is 23.1 Å². The Kier molecular flexibility index (Phi) is 7.41. The number of anilines is 1. The maximum atomic E-state index is 12.6. The number of amides is 1. The molecule has 1 saturated carbocycles. The molecule has 146 valence electrons. The van der Waals surface area contributed by atoms with Crippen LogP contribution in [0, 0.1) is 13.8 Å². The van der Waals surface area contributed by atoms with Crippen LogP contribution in [0.1, 0.15) is 43.7 Å². The first-order valence-electron chi connectivity index (χ1n) is 9.16. The van der Waals surface area contributed by atoms with Crippen molar-refractivity contribution in [3.05, 3.63) is 29.3 Å². The molecular weight excluding hydrogens is 368 g/mol. The molecular formula is C19H30N2O3S2. The molecule has 1 atom stereocenters. The molecule has 1 aromatic rings. The highest BCUT2D eigenvalue weighted by molar-refractivity contribution is 7.99. The fraction of sp³-hybridized carbons (Fsp3) is 0.632. The summed E-state index contributed by atoms with van der Waals surface area (Å²) in [5.74, 6) is 0.606. The summed E-state index contributed by atoms with van der Waals surface area (Å²) in [5.41, 5.74) is 2.35. The summed E-state index contributed by atoms with van der Waals surface area (Å²) in [6.07, 6.45) is 6.29. The molecule has 1 amide bonds. The van der Waals surface area contributed by atoms with Crippen LogP contribution in [0.5, 0.6) is 0 Å². The lowest BCUT2D eigenvalue weighted by molar-refractivity contribution is -0.121. The third kappa shape index (κ3) is 5.64. The van der Waals surface area contributed by atoms with E-state index in [2.05, 4.69) is 5.32 Å². The molecule has 0 aliphatic heterocycles. The number of carbonyl (C=O) groups is 1. The van der Waals surface area contributed by atoms with E-state index in [0.29, 0.717) is 17.5 Å². The quantitative estimate of drug-likeness (QED) is 0.683. The predicted octanol–water partition coefficient (Wildman–Crippen LogP) is 3.25. The summed E-state index contributed by atoms with van der Waals surface area (Å²) < 4.78 is 26.0. The Labute approximate surface area is 162 Å². The van der Waals surface area contributed by atoms with Gasteiger partial charge in [0, 0.05) is 17.5 Å². The predicted molar refractivity (Wildman–Crippen MR) is 110 cm³/mol. The second-order valence-electron chi connectivity index (χ2n) is 7.09. The highest BCUT2D eigenvalue weighted by Gasteiger charge is 2.30. The maximum Gasteiger partial charge on any atom is 0.243 e. The number of hydrogen-bond donors (Lipinski definition) is 1. The minimum Gasteiger partial charge on any atom is -0.353 e. The van der Waals surface area contributed by atoms with Crippen molar-refractivity contribution in [3.8, 4) is 0 Å². The SMILES string of the molecule is Cc1ccc(C)c(N(C(C)C(=O)NCCSC2CCCC2)S(C)(=O)=O)c1. The number of hydrogen-bond acceptors (Lipinski definition) is 4. The first-order valence-corrected chi connectivity index (χ1v) is 12.1. The highest BCUT2D eigenvalue weighted by Crippen LogP contribution is 2.29. The Morgan fingerprint density at radius 2 is 1.96 bits per heavy atom. The lowest BCUT2D eigenvalue weighted by atomic mass is 10.1. The summed E-state index contributed by atoms with van der Waals surface area (Å²) >= 11 is 1.91. The molecule has 0 radical (unpaired) electrons. The number of benzene rings is 1.